The maximum Gasteiger partial charge on any atom is 0.224 e. The summed E-state index contributed by atoms with van der Waals surface area (Å²) >= 11 is 0. The number of amides is 1. The Hall–Kier alpha value is -0.610. The van der Waals surface area contributed by atoms with Crippen LogP contribution in [0.3, 0.4) is 0 Å². The van der Waals surface area contributed by atoms with Crippen LogP contribution in [0.1, 0.15) is 46.5 Å². The lowest BCUT2D eigenvalue weighted by atomic mass is 9.77. The summed E-state index contributed by atoms with van der Waals surface area (Å²) in [6, 6.07) is 0.0100. The van der Waals surface area contributed by atoms with Gasteiger partial charge in [-0.15, -0.1) is 0 Å². The summed E-state index contributed by atoms with van der Waals surface area (Å²) in [5, 5.41) is 3.08. The van der Waals surface area contributed by atoms with Gasteiger partial charge in [0.05, 0.1) is 5.92 Å². The molecule has 0 heterocycles. The van der Waals surface area contributed by atoms with Crippen LogP contribution in [0.2, 0.25) is 0 Å². The molecule has 1 fully saturated rings. The maximum absolute atomic E-state index is 12.3. The molecule has 4 heteroatoms. The molecule has 1 saturated carbocycles. The average Bonchev–Trinajstić information content (AvgIpc) is 2.37. The van der Waals surface area contributed by atoms with Gasteiger partial charge in [0.1, 0.15) is 0 Å². The van der Waals surface area contributed by atoms with Crippen molar-refractivity contribution in [2.24, 2.45) is 23.0 Å². The molecule has 0 saturated heterocycles. The third kappa shape index (κ3) is 5.11. The van der Waals surface area contributed by atoms with Gasteiger partial charge >= 0.3 is 0 Å². The molecule has 1 rings (SSSR count). The van der Waals surface area contributed by atoms with Crippen molar-refractivity contribution in [1.29, 1.82) is 0 Å². The maximum atomic E-state index is 12.3. The van der Waals surface area contributed by atoms with Gasteiger partial charge in [0.25, 0.3) is 0 Å². The van der Waals surface area contributed by atoms with Crippen molar-refractivity contribution >= 4 is 5.91 Å². The van der Waals surface area contributed by atoms with E-state index in [1.165, 1.54) is 0 Å². The molecule has 4 nitrogen and oxygen atoms in total. The third-order valence-corrected chi connectivity index (χ3v) is 4.36. The molecule has 19 heavy (non-hydrogen) atoms. The highest BCUT2D eigenvalue weighted by Gasteiger charge is 2.33. The number of carbonyl (C=O) groups excluding carboxylic acids is 1. The molecule has 1 aliphatic rings. The van der Waals surface area contributed by atoms with Gasteiger partial charge in [0.15, 0.2) is 0 Å². The Morgan fingerprint density at radius 2 is 2.11 bits per heavy atom. The van der Waals surface area contributed by atoms with Gasteiger partial charge in [-0.1, -0.05) is 27.2 Å². The van der Waals surface area contributed by atoms with E-state index in [2.05, 4.69) is 26.1 Å². The van der Waals surface area contributed by atoms with Crippen LogP contribution < -0.4 is 11.1 Å². The molecule has 3 atom stereocenters. The average molecular weight is 270 g/mol. The van der Waals surface area contributed by atoms with Gasteiger partial charge in [0, 0.05) is 26.3 Å². The lowest BCUT2D eigenvalue weighted by Crippen LogP contribution is -2.49. The molecule has 3 unspecified atom stereocenters. The summed E-state index contributed by atoms with van der Waals surface area (Å²) in [5.74, 6) is 0.567. The number of carbonyl (C=O) groups is 1. The van der Waals surface area contributed by atoms with Crippen LogP contribution >= 0.6 is 0 Å². The smallest absolute Gasteiger partial charge is 0.224 e. The standard InChI is InChI=1S/C15H30N2O2/c1-11-6-5-7-12(13(11)16)14(18)17-10-15(2,3)8-9-19-4/h11-13H,5-10,16H2,1-4H3,(H,17,18). The van der Waals surface area contributed by atoms with Crippen LogP contribution in [-0.2, 0) is 9.53 Å². The molecule has 0 aromatic rings. The fourth-order valence-electron chi connectivity index (χ4n) is 2.67. The van der Waals surface area contributed by atoms with E-state index in [1.54, 1.807) is 7.11 Å². The monoisotopic (exact) mass is 270 g/mol. The summed E-state index contributed by atoms with van der Waals surface area (Å²) in [6.07, 6.45) is 4.12. The fourth-order valence-corrected chi connectivity index (χ4v) is 2.67. The Kier molecular flexibility index (Phi) is 6.27. The zero-order valence-electron chi connectivity index (χ0n) is 12.9. The largest absolute Gasteiger partial charge is 0.385 e. The van der Waals surface area contributed by atoms with Crippen LogP contribution in [0.5, 0.6) is 0 Å². The SMILES string of the molecule is COCCC(C)(C)CNC(=O)C1CCCC(C)C1N. The van der Waals surface area contributed by atoms with Crippen molar-refractivity contribution in [3.8, 4) is 0 Å². The second-order valence-corrected chi connectivity index (χ2v) is 6.72. The normalized spacial score (nSPS) is 28.2. The number of nitrogens with one attached hydrogen (secondary N) is 1. The van der Waals surface area contributed by atoms with E-state index >= 15 is 0 Å². The van der Waals surface area contributed by atoms with Crippen molar-refractivity contribution in [3.05, 3.63) is 0 Å². The zero-order valence-corrected chi connectivity index (χ0v) is 12.9. The Bertz CT molecular complexity index is 292. The Labute approximate surface area is 117 Å². The molecule has 0 aromatic heterocycles. The highest BCUT2D eigenvalue weighted by atomic mass is 16.5. The molecule has 3 N–H and O–H groups in total. The molecular weight excluding hydrogens is 240 g/mol. The van der Waals surface area contributed by atoms with Crippen molar-refractivity contribution in [3.63, 3.8) is 0 Å². The quantitative estimate of drug-likeness (QED) is 0.775. The van der Waals surface area contributed by atoms with Crippen LogP contribution in [0.15, 0.2) is 0 Å². The van der Waals surface area contributed by atoms with E-state index < -0.39 is 0 Å². The number of hydrogen-bond acceptors (Lipinski definition) is 3. The van der Waals surface area contributed by atoms with Crippen LogP contribution in [0.25, 0.3) is 0 Å². The Balaban J connectivity index is 2.42. The number of ether oxygens (including phenoxy) is 1. The summed E-state index contributed by atoms with van der Waals surface area (Å²) in [4.78, 5) is 12.3. The van der Waals surface area contributed by atoms with Gasteiger partial charge in [0.2, 0.25) is 5.91 Å². The highest BCUT2D eigenvalue weighted by Crippen LogP contribution is 2.28. The second-order valence-electron chi connectivity index (χ2n) is 6.72. The first-order valence-electron chi connectivity index (χ1n) is 7.39. The molecule has 0 radical (unpaired) electrons. The Morgan fingerprint density at radius 1 is 1.42 bits per heavy atom. The van der Waals surface area contributed by atoms with Crippen molar-refractivity contribution in [2.45, 2.75) is 52.5 Å². The fraction of sp³-hybridized carbons (Fsp3) is 0.933. The van der Waals surface area contributed by atoms with Gasteiger partial charge in [-0.3, -0.25) is 4.79 Å². The van der Waals surface area contributed by atoms with Crippen LogP contribution in [0, 0.1) is 17.3 Å². The van der Waals surface area contributed by atoms with Crippen LogP contribution in [-0.4, -0.2) is 32.2 Å². The number of methoxy groups -OCH3 is 1. The molecule has 0 spiro atoms. The van der Waals surface area contributed by atoms with E-state index in [0.29, 0.717) is 12.5 Å². The highest BCUT2D eigenvalue weighted by molar-refractivity contribution is 5.79. The van der Waals surface area contributed by atoms with Gasteiger partial charge in [-0.2, -0.15) is 0 Å². The van der Waals surface area contributed by atoms with E-state index in [1.807, 2.05) is 0 Å². The predicted octanol–water partition coefficient (Wildman–Crippen LogP) is 1.93. The summed E-state index contributed by atoms with van der Waals surface area (Å²) in [5.41, 5.74) is 6.23. The molecule has 1 aliphatic carbocycles. The summed E-state index contributed by atoms with van der Waals surface area (Å²) in [7, 11) is 1.71. The van der Waals surface area contributed by atoms with Crippen molar-refractivity contribution in [2.75, 3.05) is 20.3 Å². The van der Waals surface area contributed by atoms with Crippen molar-refractivity contribution < 1.29 is 9.53 Å². The number of hydrogen-bond donors (Lipinski definition) is 2. The molecule has 1 amide bonds. The molecular formula is C15H30N2O2. The molecule has 0 aliphatic heterocycles. The first-order valence-corrected chi connectivity index (χ1v) is 7.39. The zero-order chi connectivity index (χ0) is 14.5. The molecule has 0 aromatic carbocycles. The predicted molar refractivity (Wildman–Crippen MR) is 77.8 cm³/mol. The number of nitrogens with two attached hydrogens (primary N) is 1. The van der Waals surface area contributed by atoms with E-state index in [-0.39, 0.29) is 23.3 Å². The third-order valence-electron chi connectivity index (χ3n) is 4.36. The van der Waals surface area contributed by atoms with Crippen LogP contribution in [0.4, 0.5) is 0 Å². The Morgan fingerprint density at radius 3 is 2.74 bits per heavy atom. The van der Waals surface area contributed by atoms with E-state index in [4.69, 9.17) is 10.5 Å². The summed E-state index contributed by atoms with van der Waals surface area (Å²) < 4.78 is 5.10. The molecule has 112 valence electrons. The van der Waals surface area contributed by atoms with Crippen molar-refractivity contribution in [1.82, 2.24) is 5.32 Å². The van der Waals surface area contributed by atoms with Gasteiger partial charge in [-0.25, -0.2) is 0 Å². The molecule has 0 bridgehead atoms. The number of rotatable bonds is 6. The van der Waals surface area contributed by atoms with Gasteiger partial charge < -0.3 is 15.8 Å². The second kappa shape index (κ2) is 7.25. The minimum atomic E-state index is -0.0121. The summed E-state index contributed by atoms with van der Waals surface area (Å²) in [6.45, 7) is 7.85. The van der Waals surface area contributed by atoms with Gasteiger partial charge in [-0.05, 0) is 30.6 Å². The van der Waals surface area contributed by atoms with E-state index in [9.17, 15) is 4.79 Å². The van der Waals surface area contributed by atoms with E-state index in [0.717, 1.165) is 32.3 Å². The topological polar surface area (TPSA) is 64.3 Å². The lowest BCUT2D eigenvalue weighted by Gasteiger charge is -2.34. The first kappa shape index (κ1) is 16.4. The minimum Gasteiger partial charge on any atom is -0.385 e. The first-order chi connectivity index (χ1) is 8.87. The minimum absolute atomic E-state index is 0.0100. The lowest BCUT2D eigenvalue weighted by molar-refractivity contribution is -0.127.